The minimum Gasteiger partial charge on any atom is -0.444 e. The lowest BCUT2D eigenvalue weighted by molar-refractivity contribution is 0.155. The molecule has 1 heterocycles. The number of rotatable bonds is 3. The number of ether oxygens (including phenoxy) is 1. The number of hydrogen-bond donors (Lipinski definition) is 1. The maximum Gasteiger partial charge on any atom is 0.413 e. The highest BCUT2D eigenvalue weighted by Crippen LogP contribution is 2.08. The molecule has 1 N–H and O–H groups in total. The summed E-state index contributed by atoms with van der Waals surface area (Å²) in [6.45, 7) is 0.247. The lowest BCUT2D eigenvalue weighted by Gasteiger charge is -2.06. The Morgan fingerprint density at radius 3 is 2.67 bits per heavy atom. The Morgan fingerprint density at radius 2 is 2.00 bits per heavy atom. The second-order valence-electron chi connectivity index (χ2n) is 3.55. The van der Waals surface area contributed by atoms with Crippen LogP contribution in [0.4, 0.5) is 10.6 Å². The fourth-order valence-corrected chi connectivity index (χ4v) is 1.63. The van der Waals surface area contributed by atoms with Crippen LogP contribution in [0, 0.1) is 3.57 Å². The third-order valence-corrected chi connectivity index (χ3v) is 2.81. The van der Waals surface area contributed by atoms with Crippen molar-refractivity contribution >= 4 is 34.5 Å². The van der Waals surface area contributed by atoms with Crippen LogP contribution in [0.15, 0.2) is 48.7 Å². The standard InChI is InChI=1S/C13H11IN2O2/c14-11-6-7-12(15-8-11)16-13(17)18-9-10-4-2-1-3-5-10/h1-8H,9H2,(H,15,16,17). The van der Waals surface area contributed by atoms with E-state index >= 15 is 0 Å². The van der Waals surface area contributed by atoms with Crippen molar-refractivity contribution in [2.45, 2.75) is 6.61 Å². The smallest absolute Gasteiger partial charge is 0.413 e. The first kappa shape index (κ1) is 12.8. The van der Waals surface area contributed by atoms with E-state index < -0.39 is 6.09 Å². The van der Waals surface area contributed by atoms with Crippen molar-refractivity contribution < 1.29 is 9.53 Å². The van der Waals surface area contributed by atoms with E-state index in [0.29, 0.717) is 5.82 Å². The number of nitrogens with zero attached hydrogens (tertiary/aromatic N) is 1. The van der Waals surface area contributed by atoms with E-state index in [0.717, 1.165) is 9.13 Å². The Hall–Kier alpha value is -1.63. The van der Waals surface area contributed by atoms with Crippen molar-refractivity contribution in [2.24, 2.45) is 0 Å². The quantitative estimate of drug-likeness (QED) is 0.860. The van der Waals surface area contributed by atoms with Crippen molar-refractivity contribution in [3.05, 3.63) is 57.8 Å². The predicted molar refractivity (Wildman–Crippen MR) is 77.2 cm³/mol. The zero-order valence-electron chi connectivity index (χ0n) is 9.47. The Kier molecular flexibility index (Phi) is 4.52. The van der Waals surface area contributed by atoms with Gasteiger partial charge in [0.15, 0.2) is 0 Å². The van der Waals surface area contributed by atoms with Gasteiger partial charge in [-0.25, -0.2) is 9.78 Å². The van der Waals surface area contributed by atoms with Gasteiger partial charge in [-0.05, 0) is 40.3 Å². The summed E-state index contributed by atoms with van der Waals surface area (Å²) in [7, 11) is 0. The molecule has 0 spiro atoms. The highest BCUT2D eigenvalue weighted by atomic mass is 127. The number of nitrogens with one attached hydrogen (secondary N) is 1. The van der Waals surface area contributed by atoms with E-state index in [4.69, 9.17) is 4.74 Å². The second kappa shape index (κ2) is 6.34. The Morgan fingerprint density at radius 1 is 1.22 bits per heavy atom. The largest absolute Gasteiger partial charge is 0.444 e. The van der Waals surface area contributed by atoms with Gasteiger partial charge in [-0.3, -0.25) is 5.32 Å². The van der Waals surface area contributed by atoms with Gasteiger partial charge in [0, 0.05) is 9.77 Å². The first-order valence-corrected chi connectivity index (χ1v) is 6.41. The molecule has 0 aliphatic carbocycles. The molecule has 0 radical (unpaired) electrons. The topological polar surface area (TPSA) is 51.2 Å². The van der Waals surface area contributed by atoms with Crippen molar-refractivity contribution in [1.82, 2.24) is 4.98 Å². The van der Waals surface area contributed by atoms with Gasteiger partial charge >= 0.3 is 6.09 Å². The summed E-state index contributed by atoms with van der Waals surface area (Å²) in [5.74, 6) is 0.480. The molecule has 1 aromatic carbocycles. The van der Waals surface area contributed by atoms with Crippen LogP contribution in [0.2, 0.25) is 0 Å². The number of halogens is 1. The van der Waals surface area contributed by atoms with Crippen LogP contribution in [0.1, 0.15) is 5.56 Å². The number of hydrogen-bond acceptors (Lipinski definition) is 3. The molecule has 0 fully saturated rings. The molecule has 0 aliphatic heterocycles. The molecule has 5 heteroatoms. The van der Waals surface area contributed by atoms with E-state index in [1.807, 2.05) is 36.4 Å². The monoisotopic (exact) mass is 354 g/mol. The first-order chi connectivity index (χ1) is 8.74. The highest BCUT2D eigenvalue weighted by molar-refractivity contribution is 14.1. The highest BCUT2D eigenvalue weighted by Gasteiger charge is 2.04. The maximum atomic E-state index is 11.5. The summed E-state index contributed by atoms with van der Waals surface area (Å²) in [6.07, 6.45) is 1.17. The predicted octanol–water partition coefficient (Wildman–Crippen LogP) is 3.43. The summed E-state index contributed by atoms with van der Waals surface area (Å²) >= 11 is 2.15. The zero-order valence-corrected chi connectivity index (χ0v) is 11.6. The fourth-order valence-electron chi connectivity index (χ4n) is 1.31. The van der Waals surface area contributed by atoms with Crippen LogP contribution in [0.25, 0.3) is 0 Å². The summed E-state index contributed by atoms with van der Waals surface area (Å²) in [4.78, 5) is 15.5. The summed E-state index contributed by atoms with van der Waals surface area (Å²) < 4.78 is 6.08. The van der Waals surface area contributed by atoms with Crippen LogP contribution in [-0.4, -0.2) is 11.1 Å². The molecule has 2 aromatic rings. The van der Waals surface area contributed by atoms with E-state index in [-0.39, 0.29) is 6.61 Å². The average Bonchev–Trinajstić information content (AvgIpc) is 2.40. The van der Waals surface area contributed by atoms with E-state index in [1.165, 1.54) is 0 Å². The normalized spacial score (nSPS) is 9.83. The molecule has 2 rings (SSSR count). The maximum absolute atomic E-state index is 11.5. The number of carbonyl (C=O) groups is 1. The molecule has 0 bridgehead atoms. The number of aromatic nitrogens is 1. The van der Waals surface area contributed by atoms with Crippen molar-refractivity contribution in [3.63, 3.8) is 0 Å². The Labute approximate surface area is 119 Å². The Bertz CT molecular complexity index is 514. The third-order valence-electron chi connectivity index (χ3n) is 2.17. The van der Waals surface area contributed by atoms with Crippen molar-refractivity contribution in [3.8, 4) is 0 Å². The molecule has 18 heavy (non-hydrogen) atoms. The van der Waals surface area contributed by atoms with Gasteiger partial charge < -0.3 is 4.74 Å². The number of carbonyl (C=O) groups excluding carboxylic acids is 1. The molecule has 92 valence electrons. The van der Waals surface area contributed by atoms with Gasteiger partial charge in [-0.15, -0.1) is 0 Å². The summed E-state index contributed by atoms with van der Waals surface area (Å²) in [5.41, 5.74) is 0.947. The van der Waals surface area contributed by atoms with Gasteiger partial charge in [0.2, 0.25) is 0 Å². The van der Waals surface area contributed by atoms with E-state index in [1.54, 1.807) is 12.3 Å². The van der Waals surface area contributed by atoms with Crippen LogP contribution in [-0.2, 0) is 11.3 Å². The second-order valence-corrected chi connectivity index (χ2v) is 4.79. The molecule has 1 aromatic heterocycles. The molecule has 1 amide bonds. The molecular weight excluding hydrogens is 343 g/mol. The molecule has 0 unspecified atom stereocenters. The van der Waals surface area contributed by atoms with Crippen molar-refractivity contribution in [2.75, 3.05) is 5.32 Å². The van der Waals surface area contributed by atoms with Gasteiger partial charge in [0.25, 0.3) is 0 Å². The number of amides is 1. The lowest BCUT2D eigenvalue weighted by Crippen LogP contribution is -2.14. The van der Waals surface area contributed by atoms with Crippen LogP contribution >= 0.6 is 22.6 Å². The van der Waals surface area contributed by atoms with Crippen LogP contribution in [0.3, 0.4) is 0 Å². The SMILES string of the molecule is O=C(Nc1ccc(I)cn1)OCc1ccccc1. The van der Waals surface area contributed by atoms with E-state index in [2.05, 4.69) is 32.9 Å². The van der Waals surface area contributed by atoms with Gasteiger partial charge in [0.05, 0.1) is 0 Å². The minimum absolute atomic E-state index is 0.247. The summed E-state index contributed by atoms with van der Waals surface area (Å²) in [6, 6.07) is 13.1. The molecule has 4 nitrogen and oxygen atoms in total. The number of benzene rings is 1. The van der Waals surface area contributed by atoms with Gasteiger partial charge in [-0.1, -0.05) is 30.3 Å². The van der Waals surface area contributed by atoms with Gasteiger partial charge in [0.1, 0.15) is 12.4 Å². The Balaban J connectivity index is 1.84. The lowest BCUT2D eigenvalue weighted by atomic mass is 10.2. The van der Waals surface area contributed by atoms with Crippen LogP contribution in [0.5, 0.6) is 0 Å². The third kappa shape index (κ3) is 3.99. The van der Waals surface area contributed by atoms with Crippen LogP contribution < -0.4 is 5.32 Å². The van der Waals surface area contributed by atoms with E-state index in [9.17, 15) is 4.79 Å². The number of anilines is 1. The summed E-state index contributed by atoms with van der Waals surface area (Å²) in [5, 5.41) is 2.56. The number of pyridine rings is 1. The average molecular weight is 354 g/mol. The van der Waals surface area contributed by atoms with Gasteiger partial charge in [-0.2, -0.15) is 0 Å². The molecule has 0 atom stereocenters. The molecule has 0 aliphatic rings. The molecule has 0 saturated heterocycles. The minimum atomic E-state index is -0.507. The van der Waals surface area contributed by atoms with Crippen molar-refractivity contribution in [1.29, 1.82) is 0 Å². The zero-order chi connectivity index (χ0) is 12.8. The molecule has 0 saturated carbocycles. The first-order valence-electron chi connectivity index (χ1n) is 5.33. The fraction of sp³-hybridized carbons (Fsp3) is 0.0769. The molecular formula is C13H11IN2O2.